The molecule has 0 aliphatic heterocycles. The van der Waals surface area contributed by atoms with E-state index >= 15 is 0 Å². The molecule has 12 aromatic rings. The molecule has 3 heterocycles. The van der Waals surface area contributed by atoms with Crippen LogP contribution in [-0.2, 0) is 0 Å². The van der Waals surface area contributed by atoms with E-state index in [0.29, 0.717) is 17.5 Å². The second-order valence-electron chi connectivity index (χ2n) is 14.8. The Bertz CT molecular complexity index is 3580. The summed E-state index contributed by atoms with van der Waals surface area (Å²) < 4.78 is 8.72. The van der Waals surface area contributed by atoms with Gasteiger partial charge in [-0.15, -0.1) is 0 Å². The lowest BCUT2D eigenvalue weighted by Gasteiger charge is -2.17. The van der Waals surface area contributed by atoms with Crippen LogP contribution in [0.2, 0.25) is 0 Å². The Kier molecular flexibility index (Phi) is 7.16. The lowest BCUT2D eigenvalue weighted by Crippen LogP contribution is -2.02. The molecule has 0 saturated carbocycles. The van der Waals surface area contributed by atoms with E-state index in [1.54, 1.807) is 0 Å². The van der Waals surface area contributed by atoms with Crippen LogP contribution >= 0.6 is 0 Å². The van der Waals surface area contributed by atoms with Gasteiger partial charge >= 0.3 is 0 Å². The van der Waals surface area contributed by atoms with Gasteiger partial charge in [0.15, 0.2) is 17.5 Å². The van der Waals surface area contributed by atoms with Crippen LogP contribution in [0.3, 0.4) is 0 Å². The lowest BCUT2D eigenvalue weighted by atomic mass is 9.97. The third-order valence-electron chi connectivity index (χ3n) is 11.4. The minimum Gasteiger partial charge on any atom is -0.456 e. The summed E-state index contributed by atoms with van der Waals surface area (Å²) in [5, 5.41) is 9.25. The number of benzene rings is 9. The van der Waals surface area contributed by atoms with Crippen molar-refractivity contribution in [3.8, 4) is 51.0 Å². The van der Waals surface area contributed by atoms with Gasteiger partial charge in [-0.3, -0.25) is 0 Å². The van der Waals surface area contributed by atoms with Gasteiger partial charge in [0.1, 0.15) is 11.2 Å². The highest BCUT2D eigenvalue weighted by atomic mass is 16.3. The molecule has 0 aliphatic rings. The van der Waals surface area contributed by atoms with Crippen molar-refractivity contribution in [2.24, 2.45) is 0 Å². The van der Waals surface area contributed by atoms with Crippen molar-refractivity contribution >= 4 is 65.3 Å². The van der Waals surface area contributed by atoms with Gasteiger partial charge < -0.3 is 8.98 Å². The Morgan fingerprint density at radius 3 is 1.83 bits per heavy atom. The fraction of sp³-hybridized carbons (Fsp3) is 0. The van der Waals surface area contributed by atoms with Crippen molar-refractivity contribution < 1.29 is 4.42 Å². The smallest absolute Gasteiger partial charge is 0.164 e. The van der Waals surface area contributed by atoms with Crippen molar-refractivity contribution in [2.75, 3.05) is 0 Å². The van der Waals surface area contributed by atoms with Crippen LogP contribution in [0.15, 0.2) is 199 Å². The third-order valence-corrected chi connectivity index (χ3v) is 11.4. The molecule has 3 aromatic heterocycles. The van der Waals surface area contributed by atoms with Crippen LogP contribution in [0.4, 0.5) is 0 Å². The van der Waals surface area contributed by atoms with Gasteiger partial charge in [0.2, 0.25) is 0 Å². The molecule has 0 bridgehead atoms. The van der Waals surface area contributed by atoms with Crippen molar-refractivity contribution in [3.05, 3.63) is 194 Å². The fourth-order valence-corrected chi connectivity index (χ4v) is 8.68. The molecule has 0 atom stereocenters. The first kappa shape index (κ1) is 32.4. The Morgan fingerprint density at radius 2 is 0.983 bits per heavy atom. The predicted octanol–water partition coefficient (Wildman–Crippen LogP) is 13.8. The standard InChI is InChI=1S/C53H32N4O/c1-2-14-34(15-3-1)51-54-52(56-53(55-51)42-21-12-24-49-50(42)41-20-9-11-23-48(41)58-49)39-27-28-46(43(31-39)38-26-25-33-13-4-5-16-35(33)29-38)57-45-22-10-8-19-40(45)44-30-36-17-6-7-18-37(36)32-47(44)57/h1-32H. The highest BCUT2D eigenvalue weighted by Gasteiger charge is 2.21. The van der Waals surface area contributed by atoms with E-state index < -0.39 is 0 Å². The molecule has 5 heteroatoms. The summed E-state index contributed by atoms with van der Waals surface area (Å²) in [5.41, 5.74) is 9.89. The summed E-state index contributed by atoms with van der Waals surface area (Å²) >= 11 is 0. The van der Waals surface area contributed by atoms with Crippen LogP contribution < -0.4 is 0 Å². The van der Waals surface area contributed by atoms with E-state index in [1.807, 2.05) is 60.7 Å². The summed E-state index contributed by atoms with van der Waals surface area (Å²) in [4.78, 5) is 15.6. The normalized spacial score (nSPS) is 11.8. The summed E-state index contributed by atoms with van der Waals surface area (Å²) in [7, 11) is 0. The average Bonchev–Trinajstić information content (AvgIpc) is 3.83. The van der Waals surface area contributed by atoms with Crippen molar-refractivity contribution in [1.29, 1.82) is 0 Å². The number of fused-ring (bicyclic) bond motifs is 8. The van der Waals surface area contributed by atoms with E-state index in [4.69, 9.17) is 19.4 Å². The Labute approximate surface area is 333 Å². The van der Waals surface area contributed by atoms with Crippen molar-refractivity contribution in [1.82, 2.24) is 19.5 Å². The highest BCUT2D eigenvalue weighted by molar-refractivity contribution is 6.14. The second-order valence-corrected chi connectivity index (χ2v) is 14.8. The number of aromatic nitrogens is 4. The molecule has 0 spiro atoms. The van der Waals surface area contributed by atoms with Gasteiger partial charge in [0.05, 0.1) is 16.7 Å². The van der Waals surface area contributed by atoms with Gasteiger partial charge in [-0.2, -0.15) is 0 Å². The largest absolute Gasteiger partial charge is 0.456 e. The maximum atomic E-state index is 6.30. The minimum atomic E-state index is 0.589. The topological polar surface area (TPSA) is 56.7 Å². The molecule has 5 nitrogen and oxygen atoms in total. The first-order valence-corrected chi connectivity index (χ1v) is 19.5. The number of hydrogen-bond donors (Lipinski definition) is 0. The van der Waals surface area contributed by atoms with Crippen LogP contribution in [0.5, 0.6) is 0 Å². The predicted molar refractivity (Wildman–Crippen MR) is 238 cm³/mol. The van der Waals surface area contributed by atoms with E-state index in [2.05, 4.69) is 138 Å². The van der Waals surface area contributed by atoms with E-state index in [9.17, 15) is 0 Å². The summed E-state index contributed by atoms with van der Waals surface area (Å²) in [6.45, 7) is 0. The second kappa shape index (κ2) is 12.8. The lowest BCUT2D eigenvalue weighted by molar-refractivity contribution is 0.669. The number of nitrogens with zero attached hydrogens (tertiary/aromatic N) is 4. The maximum Gasteiger partial charge on any atom is 0.164 e. The van der Waals surface area contributed by atoms with Crippen molar-refractivity contribution in [3.63, 3.8) is 0 Å². The average molecular weight is 741 g/mol. The molecule has 0 radical (unpaired) electrons. The highest BCUT2D eigenvalue weighted by Crippen LogP contribution is 2.41. The first-order chi connectivity index (χ1) is 28.7. The van der Waals surface area contributed by atoms with Gasteiger partial charge in [0, 0.05) is 43.8 Å². The Balaban J connectivity index is 1.14. The van der Waals surface area contributed by atoms with E-state index in [-0.39, 0.29) is 0 Å². The van der Waals surface area contributed by atoms with Gasteiger partial charge in [-0.05, 0) is 81.7 Å². The molecule has 0 saturated heterocycles. The van der Waals surface area contributed by atoms with Crippen molar-refractivity contribution in [2.45, 2.75) is 0 Å². The number of furan rings is 1. The molecule has 270 valence electrons. The summed E-state index contributed by atoms with van der Waals surface area (Å²) in [5.74, 6) is 1.79. The van der Waals surface area contributed by atoms with Gasteiger partial charge in [0.25, 0.3) is 0 Å². The first-order valence-electron chi connectivity index (χ1n) is 19.5. The van der Waals surface area contributed by atoms with Gasteiger partial charge in [-0.1, -0.05) is 140 Å². The summed E-state index contributed by atoms with van der Waals surface area (Å²) in [6, 6.07) is 68.2. The van der Waals surface area contributed by atoms with E-state index in [0.717, 1.165) is 66.5 Å². The zero-order chi connectivity index (χ0) is 38.2. The molecule has 58 heavy (non-hydrogen) atoms. The van der Waals surface area contributed by atoms with Crippen LogP contribution in [0.25, 0.3) is 116 Å². The third kappa shape index (κ3) is 5.14. The van der Waals surface area contributed by atoms with Crippen LogP contribution in [-0.4, -0.2) is 19.5 Å². The molecule has 0 aliphatic carbocycles. The molecular formula is C53H32N4O. The Hall–Kier alpha value is -7.89. The van der Waals surface area contributed by atoms with Crippen LogP contribution in [0.1, 0.15) is 0 Å². The maximum absolute atomic E-state index is 6.30. The minimum absolute atomic E-state index is 0.589. The van der Waals surface area contributed by atoms with Gasteiger partial charge in [-0.25, -0.2) is 15.0 Å². The SMILES string of the molecule is c1ccc(-c2nc(-c3ccc(-n4c5ccccc5c5cc6ccccc6cc54)c(-c4ccc5ccccc5c4)c3)nc(-c3cccc4oc5ccccc5c34)n2)cc1. The van der Waals surface area contributed by atoms with Crippen LogP contribution in [0, 0.1) is 0 Å². The number of hydrogen-bond acceptors (Lipinski definition) is 4. The molecule has 9 aromatic carbocycles. The Morgan fingerprint density at radius 1 is 0.345 bits per heavy atom. The number of para-hydroxylation sites is 2. The molecule has 12 rings (SSSR count). The summed E-state index contributed by atoms with van der Waals surface area (Å²) in [6.07, 6.45) is 0. The quantitative estimate of drug-likeness (QED) is 0.176. The number of rotatable bonds is 5. The molecule has 0 unspecified atom stereocenters. The molecule has 0 N–H and O–H groups in total. The molecule has 0 fully saturated rings. The monoisotopic (exact) mass is 740 g/mol. The fourth-order valence-electron chi connectivity index (χ4n) is 8.68. The zero-order valence-electron chi connectivity index (χ0n) is 31.2. The molecular weight excluding hydrogens is 709 g/mol. The zero-order valence-corrected chi connectivity index (χ0v) is 31.2. The van der Waals surface area contributed by atoms with E-state index in [1.165, 1.54) is 32.3 Å². The molecule has 0 amide bonds.